The van der Waals surface area contributed by atoms with E-state index in [9.17, 15) is 24.3 Å². The highest BCUT2D eigenvalue weighted by molar-refractivity contribution is 7.98. The molecular weight excluding hydrogens is 452 g/mol. The first kappa shape index (κ1) is 28.4. The second-order valence-electron chi connectivity index (χ2n) is 7.68. The molecular formula is C20H34N6O6S. The van der Waals surface area contributed by atoms with Crippen LogP contribution in [-0.4, -0.2) is 86.7 Å². The number of nitrogens with zero attached hydrogens (tertiary/aromatic N) is 1. The van der Waals surface area contributed by atoms with Crippen LogP contribution in [0.25, 0.3) is 0 Å². The summed E-state index contributed by atoms with van der Waals surface area (Å²) in [4.78, 5) is 56.3. The lowest BCUT2D eigenvalue weighted by Gasteiger charge is -2.28. The molecule has 0 aliphatic heterocycles. The highest BCUT2D eigenvalue weighted by Gasteiger charge is 2.32. The predicted octanol–water partition coefficient (Wildman–Crippen LogP) is -1.39. The number of aliphatic hydroxyl groups excluding tert-OH is 1. The van der Waals surface area contributed by atoms with Gasteiger partial charge in [-0.3, -0.25) is 14.4 Å². The van der Waals surface area contributed by atoms with E-state index in [2.05, 4.69) is 25.9 Å². The van der Waals surface area contributed by atoms with E-state index in [0.29, 0.717) is 17.9 Å². The molecule has 33 heavy (non-hydrogen) atoms. The number of aromatic amines is 1. The minimum absolute atomic E-state index is 0.00625. The van der Waals surface area contributed by atoms with E-state index in [-0.39, 0.29) is 18.8 Å². The Morgan fingerprint density at radius 3 is 2.33 bits per heavy atom. The van der Waals surface area contributed by atoms with Crippen molar-refractivity contribution in [2.45, 2.75) is 57.3 Å². The summed E-state index contributed by atoms with van der Waals surface area (Å²) in [5, 5.41) is 26.2. The molecule has 1 aromatic rings. The summed E-state index contributed by atoms with van der Waals surface area (Å²) < 4.78 is 0. The van der Waals surface area contributed by atoms with Gasteiger partial charge in [0.1, 0.15) is 24.2 Å². The maximum Gasteiger partial charge on any atom is 0.326 e. The molecule has 1 aromatic heterocycles. The van der Waals surface area contributed by atoms with E-state index in [1.54, 1.807) is 6.92 Å². The molecule has 3 amide bonds. The summed E-state index contributed by atoms with van der Waals surface area (Å²) in [5.41, 5.74) is 6.06. The molecule has 0 spiro atoms. The molecule has 1 heterocycles. The van der Waals surface area contributed by atoms with Crippen molar-refractivity contribution in [3.05, 3.63) is 18.2 Å². The number of imidazole rings is 1. The van der Waals surface area contributed by atoms with Gasteiger partial charge in [-0.2, -0.15) is 11.8 Å². The van der Waals surface area contributed by atoms with Gasteiger partial charge < -0.3 is 36.9 Å². The Bertz CT molecular complexity index is 777. The standard InChI is InChI=1S/C20H34N6O6S/c1-4-11(2)16(19(30)25-15(20(31)32)7-12-8-22-10-23-12)26-18(29)14(5-6-33-3)24-17(28)13(21)9-27/h8,10-11,13-16,27H,4-7,9,21H2,1-3H3,(H,22,23)(H,24,28)(H,25,30)(H,26,29)(H,31,32). The number of rotatable bonds is 15. The molecule has 0 saturated heterocycles. The third-order valence-corrected chi connectivity index (χ3v) is 5.81. The lowest BCUT2D eigenvalue weighted by atomic mass is 9.97. The van der Waals surface area contributed by atoms with Gasteiger partial charge in [0.05, 0.1) is 12.9 Å². The Morgan fingerprint density at radius 2 is 1.82 bits per heavy atom. The second kappa shape index (κ2) is 14.5. The summed E-state index contributed by atoms with van der Waals surface area (Å²) >= 11 is 1.47. The highest BCUT2D eigenvalue weighted by Crippen LogP contribution is 2.11. The summed E-state index contributed by atoms with van der Waals surface area (Å²) in [6, 6.07) is -4.40. The van der Waals surface area contributed by atoms with Crippen LogP contribution in [0.1, 0.15) is 32.4 Å². The SMILES string of the molecule is CCC(C)C(NC(=O)C(CCSC)NC(=O)C(N)CO)C(=O)NC(Cc1cnc[nH]1)C(=O)O. The van der Waals surface area contributed by atoms with Crippen molar-refractivity contribution in [2.75, 3.05) is 18.6 Å². The van der Waals surface area contributed by atoms with Gasteiger partial charge in [0.2, 0.25) is 17.7 Å². The summed E-state index contributed by atoms with van der Waals surface area (Å²) in [7, 11) is 0. The minimum atomic E-state index is -1.23. The largest absolute Gasteiger partial charge is 0.480 e. The number of hydrogen-bond acceptors (Lipinski definition) is 8. The van der Waals surface area contributed by atoms with E-state index in [4.69, 9.17) is 10.8 Å². The Labute approximate surface area is 196 Å². The van der Waals surface area contributed by atoms with Crippen molar-refractivity contribution < 1.29 is 29.4 Å². The van der Waals surface area contributed by atoms with Crippen molar-refractivity contribution in [1.82, 2.24) is 25.9 Å². The monoisotopic (exact) mass is 486 g/mol. The third kappa shape index (κ3) is 9.40. The number of nitrogens with two attached hydrogens (primary N) is 1. The van der Waals surface area contributed by atoms with Crippen LogP contribution in [0.15, 0.2) is 12.5 Å². The number of amides is 3. The molecule has 0 bridgehead atoms. The number of thioether (sulfide) groups is 1. The fourth-order valence-electron chi connectivity index (χ4n) is 2.90. The van der Waals surface area contributed by atoms with Crippen molar-refractivity contribution in [3.63, 3.8) is 0 Å². The molecule has 8 N–H and O–H groups in total. The summed E-state index contributed by atoms with van der Waals surface area (Å²) in [6.45, 7) is 3.02. The number of aliphatic hydroxyl groups is 1. The van der Waals surface area contributed by atoms with Crippen molar-refractivity contribution >= 4 is 35.5 Å². The summed E-state index contributed by atoms with van der Waals surface area (Å²) in [6.07, 6.45) is 5.53. The summed E-state index contributed by atoms with van der Waals surface area (Å²) in [5.74, 6) is -2.91. The fraction of sp³-hybridized carbons (Fsp3) is 0.650. The first-order valence-corrected chi connectivity index (χ1v) is 12.0. The van der Waals surface area contributed by atoms with E-state index in [1.807, 2.05) is 13.2 Å². The number of H-pyrrole nitrogens is 1. The van der Waals surface area contributed by atoms with Crippen molar-refractivity contribution in [1.29, 1.82) is 0 Å². The zero-order valence-corrected chi connectivity index (χ0v) is 19.9. The second-order valence-corrected chi connectivity index (χ2v) is 8.67. The van der Waals surface area contributed by atoms with Crippen LogP contribution in [0.4, 0.5) is 0 Å². The van der Waals surface area contributed by atoms with E-state index in [0.717, 1.165) is 0 Å². The Balaban J connectivity index is 2.97. The van der Waals surface area contributed by atoms with Gasteiger partial charge in [-0.05, 0) is 24.3 Å². The number of carboxylic acids is 1. The fourth-order valence-corrected chi connectivity index (χ4v) is 3.37. The van der Waals surface area contributed by atoms with Crippen LogP contribution in [0.3, 0.4) is 0 Å². The number of hydrogen-bond donors (Lipinski definition) is 7. The first-order chi connectivity index (χ1) is 15.6. The van der Waals surface area contributed by atoms with Gasteiger partial charge >= 0.3 is 5.97 Å². The first-order valence-electron chi connectivity index (χ1n) is 10.6. The number of nitrogens with one attached hydrogen (secondary N) is 4. The smallest absolute Gasteiger partial charge is 0.326 e. The van der Waals surface area contributed by atoms with E-state index >= 15 is 0 Å². The van der Waals surface area contributed by atoms with Gasteiger partial charge in [0.15, 0.2) is 0 Å². The number of carbonyl (C=O) groups is 4. The molecule has 0 aliphatic rings. The Kier molecular flexibility index (Phi) is 12.5. The van der Waals surface area contributed by atoms with Crippen LogP contribution in [0, 0.1) is 5.92 Å². The zero-order chi connectivity index (χ0) is 25.0. The molecule has 0 radical (unpaired) electrons. The number of aliphatic carboxylic acids is 1. The van der Waals surface area contributed by atoms with Crippen LogP contribution >= 0.6 is 11.8 Å². The molecule has 5 unspecified atom stereocenters. The molecule has 12 nitrogen and oxygen atoms in total. The lowest BCUT2D eigenvalue weighted by molar-refractivity contribution is -0.142. The maximum atomic E-state index is 13.0. The molecule has 0 aliphatic carbocycles. The average molecular weight is 487 g/mol. The van der Waals surface area contributed by atoms with E-state index in [1.165, 1.54) is 24.3 Å². The molecule has 0 fully saturated rings. The van der Waals surface area contributed by atoms with Crippen LogP contribution in [-0.2, 0) is 25.6 Å². The Morgan fingerprint density at radius 1 is 1.15 bits per heavy atom. The minimum Gasteiger partial charge on any atom is -0.480 e. The van der Waals surface area contributed by atoms with Crippen molar-refractivity contribution in [2.24, 2.45) is 11.7 Å². The lowest BCUT2D eigenvalue weighted by Crippen LogP contribution is -2.59. The van der Waals surface area contributed by atoms with Gasteiger partial charge in [-0.25, -0.2) is 9.78 Å². The van der Waals surface area contributed by atoms with Gasteiger partial charge in [0, 0.05) is 18.3 Å². The molecule has 0 aromatic carbocycles. The van der Waals surface area contributed by atoms with Crippen LogP contribution < -0.4 is 21.7 Å². The van der Waals surface area contributed by atoms with Crippen molar-refractivity contribution in [3.8, 4) is 0 Å². The van der Waals surface area contributed by atoms with Gasteiger partial charge in [-0.15, -0.1) is 0 Å². The number of carbonyl (C=O) groups excluding carboxylic acids is 3. The van der Waals surface area contributed by atoms with Gasteiger partial charge in [0.25, 0.3) is 0 Å². The zero-order valence-electron chi connectivity index (χ0n) is 19.0. The third-order valence-electron chi connectivity index (χ3n) is 5.16. The quantitative estimate of drug-likeness (QED) is 0.156. The molecule has 13 heteroatoms. The number of carboxylic acid groups (broad SMARTS) is 1. The molecule has 1 rings (SSSR count). The van der Waals surface area contributed by atoms with Crippen LogP contribution in [0.5, 0.6) is 0 Å². The highest BCUT2D eigenvalue weighted by atomic mass is 32.2. The molecule has 5 atom stereocenters. The molecule has 0 saturated carbocycles. The molecule has 186 valence electrons. The van der Waals surface area contributed by atoms with Crippen LogP contribution in [0.2, 0.25) is 0 Å². The average Bonchev–Trinajstić information content (AvgIpc) is 3.31. The Hall–Kier alpha value is -2.64. The predicted molar refractivity (Wildman–Crippen MR) is 123 cm³/mol. The van der Waals surface area contributed by atoms with Gasteiger partial charge in [-0.1, -0.05) is 20.3 Å². The van der Waals surface area contributed by atoms with E-state index < -0.39 is 54.5 Å². The normalized spacial score (nSPS) is 15.5. The number of aromatic nitrogens is 2. The topological polar surface area (TPSA) is 200 Å². The maximum absolute atomic E-state index is 13.0.